The number of hydrogen-bond acceptors (Lipinski definition) is 2. The van der Waals surface area contributed by atoms with Crippen LogP contribution in [0.25, 0.3) is 0 Å². The van der Waals surface area contributed by atoms with Gasteiger partial charge in [-0.15, -0.1) is 0 Å². The van der Waals surface area contributed by atoms with Crippen LogP contribution in [0.15, 0.2) is 18.2 Å². The molecule has 2 heteroatoms. The van der Waals surface area contributed by atoms with E-state index in [4.69, 9.17) is 5.26 Å². The van der Waals surface area contributed by atoms with Gasteiger partial charge < -0.3 is 4.90 Å². The molecule has 0 spiro atoms. The van der Waals surface area contributed by atoms with Crippen LogP contribution in [0.2, 0.25) is 0 Å². The fraction of sp³-hybridized carbons (Fsp3) is 0.467. The second kappa shape index (κ2) is 5.23. The highest BCUT2D eigenvalue weighted by atomic mass is 15.1. The Kier molecular flexibility index (Phi) is 3.68. The molecule has 0 amide bonds. The molecule has 1 heterocycles. The number of hydrogen-bond donors (Lipinski definition) is 0. The molecule has 0 atom stereocenters. The highest BCUT2D eigenvalue weighted by molar-refractivity contribution is 5.60. The van der Waals surface area contributed by atoms with Gasteiger partial charge in [0.1, 0.15) is 6.54 Å². The van der Waals surface area contributed by atoms with E-state index >= 15 is 0 Å². The minimum absolute atomic E-state index is 0.490. The molecule has 0 aliphatic carbocycles. The Hall–Kier alpha value is -1.49. The molecule has 0 fully saturated rings. The van der Waals surface area contributed by atoms with Crippen LogP contribution in [-0.2, 0) is 6.42 Å². The third-order valence-electron chi connectivity index (χ3n) is 3.10. The highest BCUT2D eigenvalue weighted by Gasteiger charge is 2.16. The first-order valence-corrected chi connectivity index (χ1v) is 6.28. The SMILES string of the molecule is CC(C)Cc1ccc2c(c1)[CH]CCN2CC#N. The van der Waals surface area contributed by atoms with E-state index in [0.29, 0.717) is 12.5 Å². The van der Waals surface area contributed by atoms with Crippen LogP contribution in [0.5, 0.6) is 0 Å². The van der Waals surface area contributed by atoms with Crippen LogP contribution < -0.4 is 4.90 Å². The summed E-state index contributed by atoms with van der Waals surface area (Å²) in [5.74, 6) is 0.687. The van der Waals surface area contributed by atoms with Crippen LogP contribution in [0.3, 0.4) is 0 Å². The van der Waals surface area contributed by atoms with E-state index in [9.17, 15) is 0 Å². The largest absolute Gasteiger partial charge is 0.358 e. The zero-order chi connectivity index (χ0) is 12.3. The van der Waals surface area contributed by atoms with Crippen LogP contribution in [0, 0.1) is 23.7 Å². The second-order valence-corrected chi connectivity index (χ2v) is 5.06. The minimum Gasteiger partial charge on any atom is -0.358 e. The van der Waals surface area contributed by atoms with Gasteiger partial charge >= 0.3 is 0 Å². The van der Waals surface area contributed by atoms with Crippen molar-refractivity contribution in [2.75, 3.05) is 18.0 Å². The Morgan fingerprint density at radius 2 is 2.24 bits per heavy atom. The summed E-state index contributed by atoms with van der Waals surface area (Å²) in [6.07, 6.45) is 4.45. The number of nitriles is 1. The van der Waals surface area contributed by atoms with Gasteiger partial charge in [0.25, 0.3) is 0 Å². The lowest BCUT2D eigenvalue weighted by Crippen LogP contribution is -2.29. The van der Waals surface area contributed by atoms with Crippen molar-refractivity contribution in [1.82, 2.24) is 0 Å². The first kappa shape index (κ1) is 12.0. The average Bonchev–Trinajstić information content (AvgIpc) is 2.28. The quantitative estimate of drug-likeness (QED) is 0.742. The Bertz CT molecular complexity index is 429. The van der Waals surface area contributed by atoms with E-state index in [0.717, 1.165) is 19.4 Å². The lowest BCUT2D eigenvalue weighted by Gasteiger charge is -2.29. The van der Waals surface area contributed by atoms with Crippen molar-refractivity contribution in [2.24, 2.45) is 5.92 Å². The number of fused-ring (bicyclic) bond motifs is 1. The molecule has 0 N–H and O–H groups in total. The summed E-state index contributed by atoms with van der Waals surface area (Å²) in [6, 6.07) is 8.88. The van der Waals surface area contributed by atoms with Gasteiger partial charge in [-0.1, -0.05) is 26.0 Å². The summed E-state index contributed by atoms with van der Waals surface area (Å²) in [5, 5.41) is 8.82. The summed E-state index contributed by atoms with van der Waals surface area (Å²) in [5.41, 5.74) is 3.91. The highest BCUT2D eigenvalue weighted by Crippen LogP contribution is 2.29. The van der Waals surface area contributed by atoms with Crippen molar-refractivity contribution in [1.29, 1.82) is 5.26 Å². The molecular formula is C15H19N2. The maximum Gasteiger partial charge on any atom is 0.105 e. The lowest BCUT2D eigenvalue weighted by atomic mass is 9.95. The van der Waals surface area contributed by atoms with Gasteiger partial charge in [0, 0.05) is 12.2 Å². The topological polar surface area (TPSA) is 27.0 Å². The predicted octanol–water partition coefficient (Wildman–Crippen LogP) is 3.17. The van der Waals surface area contributed by atoms with Crippen LogP contribution in [0.1, 0.15) is 31.4 Å². The number of benzene rings is 1. The standard InChI is InChI=1S/C15H19N2/c1-12(2)10-13-5-6-15-14(11-13)4-3-8-17(15)9-7-16/h4-6,11-12H,3,8-10H2,1-2H3. The van der Waals surface area contributed by atoms with E-state index in [1.54, 1.807) is 0 Å². The van der Waals surface area contributed by atoms with Gasteiger partial charge in [0.05, 0.1) is 6.07 Å². The van der Waals surface area contributed by atoms with E-state index < -0.39 is 0 Å². The molecule has 1 aliphatic heterocycles. The van der Waals surface area contributed by atoms with Gasteiger partial charge in [0.15, 0.2) is 0 Å². The van der Waals surface area contributed by atoms with Crippen LogP contribution in [0.4, 0.5) is 5.69 Å². The fourth-order valence-electron chi connectivity index (χ4n) is 2.40. The summed E-state index contributed by atoms with van der Waals surface area (Å²) in [6.45, 7) is 5.94. The molecule has 1 aliphatic rings. The Morgan fingerprint density at radius 1 is 1.41 bits per heavy atom. The van der Waals surface area contributed by atoms with Crippen molar-refractivity contribution in [2.45, 2.75) is 26.7 Å². The summed E-state index contributed by atoms with van der Waals surface area (Å²) in [7, 11) is 0. The molecule has 0 unspecified atom stereocenters. The molecule has 1 aromatic rings. The molecule has 1 radical (unpaired) electrons. The van der Waals surface area contributed by atoms with Gasteiger partial charge in [0.2, 0.25) is 0 Å². The molecule has 0 aromatic heterocycles. The molecule has 0 saturated heterocycles. The van der Waals surface area contributed by atoms with Crippen molar-refractivity contribution < 1.29 is 0 Å². The first-order valence-electron chi connectivity index (χ1n) is 6.28. The van der Waals surface area contributed by atoms with E-state index in [-0.39, 0.29) is 0 Å². The van der Waals surface area contributed by atoms with Crippen LogP contribution in [-0.4, -0.2) is 13.1 Å². The molecule has 0 bridgehead atoms. The fourth-order valence-corrected chi connectivity index (χ4v) is 2.40. The van der Waals surface area contributed by atoms with E-state index in [2.05, 4.69) is 49.4 Å². The lowest BCUT2D eigenvalue weighted by molar-refractivity contribution is 0.646. The van der Waals surface area contributed by atoms with E-state index in [1.165, 1.54) is 16.8 Å². The first-order chi connectivity index (χ1) is 8.20. The van der Waals surface area contributed by atoms with Gasteiger partial charge in [-0.2, -0.15) is 5.26 Å². The number of rotatable bonds is 3. The minimum atomic E-state index is 0.490. The Labute approximate surface area is 104 Å². The zero-order valence-electron chi connectivity index (χ0n) is 10.6. The van der Waals surface area contributed by atoms with Crippen molar-refractivity contribution in [3.63, 3.8) is 0 Å². The Balaban J connectivity index is 2.24. The molecular weight excluding hydrogens is 208 g/mol. The third-order valence-corrected chi connectivity index (χ3v) is 3.10. The van der Waals surface area contributed by atoms with Gasteiger partial charge in [-0.05, 0) is 42.4 Å². The van der Waals surface area contributed by atoms with Crippen molar-refractivity contribution in [3.8, 4) is 6.07 Å². The van der Waals surface area contributed by atoms with Crippen LogP contribution >= 0.6 is 0 Å². The smallest absolute Gasteiger partial charge is 0.105 e. The molecule has 89 valence electrons. The third kappa shape index (κ3) is 2.79. The number of nitrogens with zero attached hydrogens (tertiary/aromatic N) is 2. The summed E-state index contributed by atoms with van der Waals surface area (Å²) < 4.78 is 0. The number of anilines is 1. The molecule has 1 aromatic carbocycles. The normalized spacial score (nSPS) is 14.6. The predicted molar refractivity (Wildman–Crippen MR) is 70.8 cm³/mol. The molecule has 17 heavy (non-hydrogen) atoms. The van der Waals surface area contributed by atoms with E-state index in [1.807, 2.05) is 0 Å². The Morgan fingerprint density at radius 3 is 2.94 bits per heavy atom. The average molecular weight is 227 g/mol. The molecule has 2 nitrogen and oxygen atoms in total. The second-order valence-electron chi connectivity index (χ2n) is 5.06. The monoisotopic (exact) mass is 227 g/mol. The van der Waals surface area contributed by atoms with Crippen molar-refractivity contribution in [3.05, 3.63) is 35.7 Å². The van der Waals surface area contributed by atoms with Crippen molar-refractivity contribution >= 4 is 5.69 Å². The maximum absolute atomic E-state index is 8.82. The maximum atomic E-state index is 8.82. The van der Waals surface area contributed by atoms with Gasteiger partial charge in [-0.3, -0.25) is 0 Å². The molecule has 0 saturated carbocycles. The zero-order valence-corrected chi connectivity index (χ0v) is 10.6. The summed E-state index contributed by atoms with van der Waals surface area (Å²) >= 11 is 0. The van der Waals surface area contributed by atoms with Gasteiger partial charge in [-0.25, -0.2) is 0 Å². The molecule has 2 rings (SSSR count). The summed E-state index contributed by atoms with van der Waals surface area (Å²) in [4.78, 5) is 2.16.